The highest BCUT2D eigenvalue weighted by Crippen LogP contribution is 2.30. The fourth-order valence-corrected chi connectivity index (χ4v) is 1.47. The Morgan fingerprint density at radius 1 is 1.40 bits per heavy atom. The van der Waals surface area contributed by atoms with Gasteiger partial charge in [0.25, 0.3) is 0 Å². The van der Waals surface area contributed by atoms with Gasteiger partial charge in [-0.2, -0.15) is 13.2 Å². The Morgan fingerprint density at radius 3 is 2.73 bits per heavy atom. The zero-order valence-electron chi connectivity index (χ0n) is 8.04. The highest BCUT2D eigenvalue weighted by molar-refractivity contribution is 5.42. The fourth-order valence-electron chi connectivity index (χ4n) is 1.47. The molecule has 0 N–H and O–H groups in total. The van der Waals surface area contributed by atoms with Gasteiger partial charge in [-0.15, -0.1) is 0 Å². The molecule has 0 saturated carbocycles. The predicted molar refractivity (Wildman–Crippen MR) is 49.6 cm³/mol. The van der Waals surface area contributed by atoms with Crippen LogP contribution < -0.4 is 0 Å². The average Bonchev–Trinajstić information content (AvgIpc) is 2.61. The van der Waals surface area contributed by atoms with Gasteiger partial charge in [-0.25, -0.2) is 4.98 Å². The molecule has 2 rings (SSSR count). The Hall–Kier alpha value is -1.52. The SMILES string of the molecule is CCc1cc(C(F)(F)F)n2cccc2n1. The van der Waals surface area contributed by atoms with Crippen molar-refractivity contribution in [2.75, 3.05) is 0 Å². The molecule has 5 heteroatoms. The van der Waals surface area contributed by atoms with Gasteiger partial charge in [0.2, 0.25) is 0 Å². The zero-order valence-corrected chi connectivity index (χ0v) is 8.04. The van der Waals surface area contributed by atoms with Gasteiger partial charge in [0, 0.05) is 11.9 Å². The molecular formula is C10H9F3N2. The van der Waals surface area contributed by atoms with E-state index >= 15 is 0 Å². The van der Waals surface area contributed by atoms with Crippen molar-refractivity contribution >= 4 is 5.65 Å². The van der Waals surface area contributed by atoms with Crippen LogP contribution >= 0.6 is 0 Å². The predicted octanol–water partition coefficient (Wildman–Crippen LogP) is 2.92. The summed E-state index contributed by atoms with van der Waals surface area (Å²) in [5, 5.41) is 0. The lowest BCUT2D eigenvalue weighted by molar-refractivity contribution is -0.142. The molecule has 0 bridgehead atoms. The first kappa shape index (κ1) is 10.0. The third-order valence-electron chi connectivity index (χ3n) is 2.20. The molecule has 0 amide bonds. The molecule has 2 aromatic rings. The van der Waals surface area contributed by atoms with Crippen LogP contribution in [-0.4, -0.2) is 9.38 Å². The molecular weight excluding hydrogens is 205 g/mol. The van der Waals surface area contributed by atoms with Gasteiger partial charge >= 0.3 is 6.18 Å². The van der Waals surface area contributed by atoms with E-state index in [2.05, 4.69) is 4.98 Å². The molecule has 0 saturated heterocycles. The summed E-state index contributed by atoms with van der Waals surface area (Å²) in [4.78, 5) is 4.09. The molecule has 80 valence electrons. The monoisotopic (exact) mass is 214 g/mol. The van der Waals surface area contributed by atoms with Crippen LogP contribution in [0, 0.1) is 0 Å². The van der Waals surface area contributed by atoms with Crippen LogP contribution in [0.3, 0.4) is 0 Å². The second-order valence-electron chi connectivity index (χ2n) is 3.22. The number of alkyl halides is 3. The number of aryl methyl sites for hydroxylation is 1. The number of hydrogen-bond acceptors (Lipinski definition) is 1. The van der Waals surface area contributed by atoms with Gasteiger partial charge in [-0.3, -0.25) is 4.40 Å². The lowest BCUT2D eigenvalue weighted by Crippen LogP contribution is -2.12. The Bertz CT molecular complexity index is 485. The molecule has 0 aliphatic heterocycles. The van der Waals surface area contributed by atoms with Gasteiger partial charge in [-0.05, 0) is 24.6 Å². The standard InChI is InChI=1S/C10H9F3N2/c1-2-7-6-8(10(11,12)13)15-5-3-4-9(15)14-7/h3-6H,2H2,1H3. The van der Waals surface area contributed by atoms with Crippen LogP contribution in [0.5, 0.6) is 0 Å². The Kier molecular flexibility index (Phi) is 2.17. The highest BCUT2D eigenvalue weighted by Gasteiger charge is 2.33. The van der Waals surface area contributed by atoms with E-state index in [1.54, 1.807) is 19.1 Å². The van der Waals surface area contributed by atoms with Crippen molar-refractivity contribution in [1.82, 2.24) is 9.38 Å². The second kappa shape index (κ2) is 3.25. The van der Waals surface area contributed by atoms with Crippen molar-refractivity contribution < 1.29 is 13.2 Å². The third kappa shape index (κ3) is 1.69. The summed E-state index contributed by atoms with van der Waals surface area (Å²) in [5.74, 6) is 0. The van der Waals surface area contributed by atoms with E-state index < -0.39 is 11.9 Å². The van der Waals surface area contributed by atoms with Crippen molar-refractivity contribution in [2.45, 2.75) is 19.5 Å². The first-order chi connectivity index (χ1) is 7.02. The Balaban J connectivity index is 2.74. The number of nitrogens with zero attached hydrogens (tertiary/aromatic N) is 2. The first-order valence-electron chi connectivity index (χ1n) is 4.56. The van der Waals surface area contributed by atoms with Crippen molar-refractivity contribution in [3.05, 3.63) is 35.8 Å². The van der Waals surface area contributed by atoms with E-state index in [1.807, 2.05) is 0 Å². The summed E-state index contributed by atoms with van der Waals surface area (Å²) in [7, 11) is 0. The van der Waals surface area contributed by atoms with Crippen LogP contribution in [-0.2, 0) is 12.6 Å². The van der Waals surface area contributed by atoms with E-state index in [0.717, 1.165) is 10.5 Å². The van der Waals surface area contributed by atoms with Gasteiger partial charge in [0.1, 0.15) is 11.3 Å². The van der Waals surface area contributed by atoms with Gasteiger partial charge in [-0.1, -0.05) is 6.92 Å². The lowest BCUT2D eigenvalue weighted by Gasteiger charge is -2.11. The summed E-state index contributed by atoms with van der Waals surface area (Å²) in [6.45, 7) is 1.78. The van der Waals surface area contributed by atoms with Crippen molar-refractivity contribution in [3.63, 3.8) is 0 Å². The van der Waals surface area contributed by atoms with E-state index in [4.69, 9.17) is 0 Å². The maximum atomic E-state index is 12.7. The van der Waals surface area contributed by atoms with Crippen LogP contribution in [0.25, 0.3) is 5.65 Å². The van der Waals surface area contributed by atoms with Gasteiger partial charge < -0.3 is 0 Å². The molecule has 0 aliphatic rings. The van der Waals surface area contributed by atoms with Crippen LogP contribution in [0.2, 0.25) is 0 Å². The number of hydrogen-bond donors (Lipinski definition) is 0. The maximum absolute atomic E-state index is 12.7. The molecule has 2 nitrogen and oxygen atoms in total. The summed E-state index contributed by atoms with van der Waals surface area (Å²) in [5.41, 5.74) is 0.115. The molecule has 0 unspecified atom stereocenters. The lowest BCUT2D eigenvalue weighted by atomic mass is 10.2. The summed E-state index contributed by atoms with van der Waals surface area (Å²) in [6, 6.07) is 4.21. The van der Waals surface area contributed by atoms with Crippen LogP contribution in [0.1, 0.15) is 18.3 Å². The molecule has 2 heterocycles. The van der Waals surface area contributed by atoms with Gasteiger partial charge in [0.15, 0.2) is 0 Å². The van der Waals surface area contributed by atoms with Crippen LogP contribution in [0.4, 0.5) is 13.2 Å². The van der Waals surface area contributed by atoms with Crippen molar-refractivity contribution in [3.8, 4) is 0 Å². The molecule has 0 spiro atoms. The molecule has 0 atom stereocenters. The quantitative estimate of drug-likeness (QED) is 0.713. The molecule has 15 heavy (non-hydrogen) atoms. The molecule has 0 aromatic carbocycles. The molecule has 0 radical (unpaired) electrons. The minimum absolute atomic E-state index is 0.335. The normalized spacial score (nSPS) is 12.3. The van der Waals surface area contributed by atoms with Crippen LogP contribution in [0.15, 0.2) is 24.4 Å². The smallest absolute Gasteiger partial charge is 0.297 e. The molecule has 0 aliphatic carbocycles. The summed E-state index contributed by atoms with van der Waals surface area (Å²) in [6.07, 6.45) is -2.49. The topological polar surface area (TPSA) is 17.3 Å². The minimum atomic E-state index is -4.34. The zero-order chi connectivity index (χ0) is 11.1. The first-order valence-corrected chi connectivity index (χ1v) is 4.56. The third-order valence-corrected chi connectivity index (χ3v) is 2.20. The Morgan fingerprint density at radius 2 is 2.13 bits per heavy atom. The molecule has 0 fully saturated rings. The van der Waals surface area contributed by atoms with E-state index in [1.165, 1.54) is 6.20 Å². The Labute approximate surface area is 84.4 Å². The second-order valence-corrected chi connectivity index (χ2v) is 3.22. The maximum Gasteiger partial charge on any atom is 0.431 e. The van der Waals surface area contributed by atoms with E-state index in [0.29, 0.717) is 17.8 Å². The number of rotatable bonds is 1. The largest absolute Gasteiger partial charge is 0.431 e. The molecule has 2 aromatic heterocycles. The van der Waals surface area contributed by atoms with E-state index in [9.17, 15) is 13.2 Å². The van der Waals surface area contributed by atoms with Gasteiger partial charge in [0.05, 0.1) is 0 Å². The minimum Gasteiger partial charge on any atom is -0.297 e. The number of halogens is 3. The van der Waals surface area contributed by atoms with E-state index in [-0.39, 0.29) is 0 Å². The fraction of sp³-hybridized carbons (Fsp3) is 0.300. The van der Waals surface area contributed by atoms with Crippen molar-refractivity contribution in [1.29, 1.82) is 0 Å². The number of aromatic nitrogens is 2. The highest BCUT2D eigenvalue weighted by atomic mass is 19.4. The number of fused-ring (bicyclic) bond motifs is 1. The summed E-state index contributed by atoms with van der Waals surface area (Å²) < 4.78 is 39.0. The average molecular weight is 214 g/mol. The summed E-state index contributed by atoms with van der Waals surface area (Å²) >= 11 is 0. The van der Waals surface area contributed by atoms with Crippen molar-refractivity contribution in [2.24, 2.45) is 0 Å².